The summed E-state index contributed by atoms with van der Waals surface area (Å²) < 4.78 is 35.2. The quantitative estimate of drug-likeness (QED) is 0.565. The number of nitrogens with zero attached hydrogens (tertiary/aromatic N) is 2. The molecule has 1 N–H and O–H groups in total. The van der Waals surface area contributed by atoms with Crippen molar-refractivity contribution in [1.29, 1.82) is 0 Å². The molecule has 0 bridgehead atoms. The first-order valence-electron chi connectivity index (χ1n) is 8.40. The third kappa shape index (κ3) is 3.36. The van der Waals surface area contributed by atoms with Crippen LogP contribution in [0.2, 0.25) is 0 Å². The Morgan fingerprint density at radius 2 is 1.92 bits per heavy atom. The monoisotopic (exact) mass is 369 g/mol. The number of furan rings is 1. The largest absolute Gasteiger partial charge is 0.459 e. The lowest BCUT2D eigenvalue weighted by molar-refractivity contribution is 0.483. The van der Waals surface area contributed by atoms with Crippen molar-refractivity contribution >= 4 is 32.0 Å². The van der Waals surface area contributed by atoms with Crippen molar-refractivity contribution in [3.05, 3.63) is 66.7 Å². The standard InChI is InChI=1S/C19H19N3O3S/c1-14(19-12-15-6-2-5-9-18(15)25-19)21-26(23,24)11-10-22-13-20-16-7-3-4-8-17(16)22/h2-9,12-14,21H,10-11H2,1H3. The van der Waals surface area contributed by atoms with Crippen LogP contribution in [-0.4, -0.2) is 23.7 Å². The van der Waals surface area contributed by atoms with Crippen molar-refractivity contribution < 1.29 is 12.8 Å². The van der Waals surface area contributed by atoms with Crippen LogP contribution in [0.4, 0.5) is 0 Å². The van der Waals surface area contributed by atoms with Crippen molar-refractivity contribution in [3.63, 3.8) is 0 Å². The lowest BCUT2D eigenvalue weighted by Gasteiger charge is -2.12. The lowest BCUT2D eigenvalue weighted by atomic mass is 10.2. The predicted octanol–water partition coefficient (Wildman–Crippen LogP) is 3.46. The summed E-state index contributed by atoms with van der Waals surface area (Å²) in [4.78, 5) is 4.28. The Morgan fingerprint density at radius 1 is 1.15 bits per heavy atom. The van der Waals surface area contributed by atoms with E-state index in [0.717, 1.165) is 22.0 Å². The molecule has 4 rings (SSSR count). The minimum Gasteiger partial charge on any atom is -0.459 e. The van der Waals surface area contributed by atoms with E-state index in [0.29, 0.717) is 12.3 Å². The van der Waals surface area contributed by atoms with Crippen molar-refractivity contribution in [2.75, 3.05) is 5.75 Å². The average Bonchev–Trinajstić information content (AvgIpc) is 3.24. The highest BCUT2D eigenvalue weighted by atomic mass is 32.2. The Bertz CT molecular complexity index is 1130. The average molecular weight is 369 g/mol. The minimum atomic E-state index is -3.47. The van der Waals surface area contributed by atoms with Crippen LogP contribution in [0, 0.1) is 0 Å². The van der Waals surface area contributed by atoms with E-state index < -0.39 is 16.1 Å². The van der Waals surface area contributed by atoms with Crippen LogP contribution in [-0.2, 0) is 16.6 Å². The van der Waals surface area contributed by atoms with E-state index >= 15 is 0 Å². The van der Waals surface area contributed by atoms with E-state index in [1.165, 1.54) is 0 Å². The van der Waals surface area contributed by atoms with Crippen molar-refractivity contribution in [2.45, 2.75) is 19.5 Å². The lowest BCUT2D eigenvalue weighted by Crippen LogP contribution is -2.30. The molecular formula is C19H19N3O3S. The number of fused-ring (bicyclic) bond motifs is 2. The van der Waals surface area contributed by atoms with E-state index in [-0.39, 0.29) is 5.75 Å². The van der Waals surface area contributed by atoms with Gasteiger partial charge in [-0.1, -0.05) is 30.3 Å². The summed E-state index contributed by atoms with van der Waals surface area (Å²) in [6.45, 7) is 2.12. The fourth-order valence-electron chi connectivity index (χ4n) is 3.01. The van der Waals surface area contributed by atoms with Crippen molar-refractivity contribution in [3.8, 4) is 0 Å². The molecule has 2 heterocycles. The van der Waals surface area contributed by atoms with Gasteiger partial charge in [0.25, 0.3) is 0 Å². The van der Waals surface area contributed by atoms with Crippen LogP contribution in [0.15, 0.2) is 65.3 Å². The van der Waals surface area contributed by atoms with Gasteiger partial charge in [-0.05, 0) is 31.2 Å². The highest BCUT2D eigenvalue weighted by Crippen LogP contribution is 2.24. The first-order chi connectivity index (χ1) is 12.5. The molecule has 0 aliphatic heterocycles. The first kappa shape index (κ1) is 16.8. The number of aryl methyl sites for hydroxylation is 1. The van der Waals surface area contributed by atoms with Gasteiger partial charge in [-0.15, -0.1) is 0 Å². The third-order valence-corrected chi connectivity index (χ3v) is 5.79. The fourth-order valence-corrected chi connectivity index (χ4v) is 4.22. The Morgan fingerprint density at radius 3 is 2.77 bits per heavy atom. The van der Waals surface area contributed by atoms with Gasteiger partial charge in [0.2, 0.25) is 10.0 Å². The molecule has 0 aliphatic rings. The molecule has 2 aromatic carbocycles. The molecule has 0 spiro atoms. The highest BCUT2D eigenvalue weighted by molar-refractivity contribution is 7.89. The molecule has 26 heavy (non-hydrogen) atoms. The summed E-state index contributed by atoms with van der Waals surface area (Å²) >= 11 is 0. The predicted molar refractivity (Wildman–Crippen MR) is 101 cm³/mol. The third-order valence-electron chi connectivity index (χ3n) is 4.36. The maximum absolute atomic E-state index is 12.5. The molecule has 2 aromatic heterocycles. The number of rotatable bonds is 6. The molecule has 0 aliphatic carbocycles. The fraction of sp³-hybridized carbons (Fsp3) is 0.211. The van der Waals surface area contributed by atoms with Crippen LogP contribution in [0.3, 0.4) is 0 Å². The molecule has 0 saturated carbocycles. The van der Waals surface area contributed by atoms with Crippen molar-refractivity contribution in [1.82, 2.24) is 14.3 Å². The molecule has 0 amide bonds. The number of benzene rings is 2. The van der Waals surface area contributed by atoms with Gasteiger partial charge in [0.15, 0.2) is 0 Å². The maximum atomic E-state index is 12.5. The molecule has 134 valence electrons. The molecule has 0 radical (unpaired) electrons. The Kier molecular flexibility index (Phi) is 4.26. The maximum Gasteiger partial charge on any atom is 0.214 e. The Hall–Kier alpha value is -2.64. The molecule has 4 aromatic rings. The van der Waals surface area contributed by atoms with Crippen LogP contribution < -0.4 is 4.72 Å². The van der Waals surface area contributed by atoms with Crippen LogP contribution in [0.5, 0.6) is 0 Å². The summed E-state index contributed by atoms with van der Waals surface area (Å²) in [7, 11) is -3.47. The Labute approximate surface area is 151 Å². The summed E-state index contributed by atoms with van der Waals surface area (Å²) in [5.41, 5.74) is 2.53. The second-order valence-corrected chi connectivity index (χ2v) is 8.15. The first-order valence-corrected chi connectivity index (χ1v) is 10.1. The molecule has 0 fully saturated rings. The number of aromatic nitrogens is 2. The van der Waals surface area contributed by atoms with Gasteiger partial charge >= 0.3 is 0 Å². The minimum absolute atomic E-state index is 0.0298. The SMILES string of the molecule is CC(NS(=O)(=O)CCn1cnc2ccccc21)c1cc2ccccc2o1. The number of imidazole rings is 1. The molecule has 6 nitrogen and oxygen atoms in total. The Balaban J connectivity index is 1.46. The van der Waals surface area contributed by atoms with Gasteiger partial charge in [0.1, 0.15) is 11.3 Å². The topological polar surface area (TPSA) is 77.1 Å². The summed E-state index contributed by atoms with van der Waals surface area (Å²) in [5, 5.41) is 0.957. The van der Waals surface area contributed by atoms with E-state index in [1.807, 2.05) is 59.2 Å². The van der Waals surface area contributed by atoms with Gasteiger partial charge in [-0.25, -0.2) is 18.1 Å². The van der Waals surface area contributed by atoms with Crippen LogP contribution >= 0.6 is 0 Å². The zero-order valence-corrected chi connectivity index (χ0v) is 15.1. The number of para-hydroxylation sites is 3. The summed E-state index contributed by atoms with van der Waals surface area (Å²) in [6, 6.07) is 16.7. The zero-order chi connectivity index (χ0) is 18.1. The number of nitrogens with one attached hydrogen (secondary N) is 1. The van der Waals surface area contributed by atoms with E-state index in [9.17, 15) is 8.42 Å². The molecular weight excluding hydrogens is 350 g/mol. The summed E-state index contributed by atoms with van der Waals surface area (Å²) in [6.07, 6.45) is 1.67. The molecule has 0 saturated heterocycles. The normalized spacial score (nSPS) is 13.4. The smallest absolute Gasteiger partial charge is 0.214 e. The van der Waals surface area contributed by atoms with Gasteiger partial charge in [0, 0.05) is 11.9 Å². The van der Waals surface area contributed by atoms with Gasteiger partial charge in [-0.3, -0.25) is 0 Å². The number of hydrogen-bond donors (Lipinski definition) is 1. The second kappa shape index (κ2) is 6.59. The van der Waals surface area contributed by atoms with Crippen LogP contribution in [0.25, 0.3) is 22.0 Å². The highest BCUT2D eigenvalue weighted by Gasteiger charge is 2.19. The number of hydrogen-bond acceptors (Lipinski definition) is 4. The number of sulfonamides is 1. The van der Waals surface area contributed by atoms with Gasteiger partial charge in [0.05, 0.1) is 29.2 Å². The van der Waals surface area contributed by atoms with Gasteiger partial charge in [-0.2, -0.15) is 0 Å². The van der Waals surface area contributed by atoms with Crippen molar-refractivity contribution in [2.24, 2.45) is 0 Å². The summed E-state index contributed by atoms with van der Waals surface area (Å²) in [5.74, 6) is 0.570. The molecule has 7 heteroatoms. The van der Waals surface area contributed by atoms with E-state index in [2.05, 4.69) is 9.71 Å². The zero-order valence-electron chi connectivity index (χ0n) is 14.3. The molecule has 1 atom stereocenters. The second-order valence-electron chi connectivity index (χ2n) is 6.27. The van der Waals surface area contributed by atoms with Crippen LogP contribution in [0.1, 0.15) is 18.7 Å². The van der Waals surface area contributed by atoms with E-state index in [4.69, 9.17) is 4.42 Å². The van der Waals surface area contributed by atoms with Gasteiger partial charge < -0.3 is 8.98 Å². The molecule has 1 unspecified atom stereocenters. The van der Waals surface area contributed by atoms with E-state index in [1.54, 1.807) is 13.3 Å².